The molecule has 18 heavy (non-hydrogen) atoms. The van der Waals surface area contributed by atoms with E-state index in [1.807, 2.05) is 18.2 Å². The number of ether oxygens (including phenoxy) is 1. The summed E-state index contributed by atoms with van der Waals surface area (Å²) in [6, 6.07) is 6.61. The SMILES string of the molecule is COc1ccc(NC2C3C4CCC(C4)C23)c(N)c1. The van der Waals surface area contributed by atoms with Gasteiger partial charge in [0.25, 0.3) is 0 Å². The lowest BCUT2D eigenvalue weighted by Gasteiger charge is -2.14. The molecule has 4 rings (SSSR count). The van der Waals surface area contributed by atoms with Crippen molar-refractivity contribution in [2.24, 2.45) is 23.7 Å². The van der Waals surface area contributed by atoms with Crippen LogP contribution in [0.3, 0.4) is 0 Å². The highest BCUT2D eigenvalue weighted by Crippen LogP contribution is 2.66. The highest BCUT2D eigenvalue weighted by Gasteiger charge is 2.65. The van der Waals surface area contributed by atoms with Crippen molar-refractivity contribution in [3.8, 4) is 5.75 Å². The van der Waals surface area contributed by atoms with Crippen LogP contribution >= 0.6 is 0 Å². The largest absolute Gasteiger partial charge is 0.497 e. The van der Waals surface area contributed by atoms with E-state index in [1.165, 1.54) is 19.3 Å². The molecule has 3 saturated carbocycles. The van der Waals surface area contributed by atoms with Gasteiger partial charge in [0.2, 0.25) is 0 Å². The molecule has 96 valence electrons. The first-order valence-electron chi connectivity index (χ1n) is 6.98. The molecule has 0 aromatic heterocycles. The first-order valence-corrected chi connectivity index (χ1v) is 6.98. The van der Waals surface area contributed by atoms with Gasteiger partial charge < -0.3 is 15.8 Å². The fourth-order valence-electron chi connectivity index (χ4n) is 4.50. The molecule has 0 saturated heterocycles. The number of fused-ring (bicyclic) bond motifs is 5. The summed E-state index contributed by atoms with van der Waals surface area (Å²) in [6.45, 7) is 0. The zero-order valence-electron chi connectivity index (χ0n) is 10.7. The predicted molar refractivity (Wildman–Crippen MR) is 72.6 cm³/mol. The lowest BCUT2D eigenvalue weighted by atomic mass is 10.0. The van der Waals surface area contributed by atoms with E-state index >= 15 is 0 Å². The van der Waals surface area contributed by atoms with Crippen LogP contribution in [0.2, 0.25) is 0 Å². The number of nitrogens with one attached hydrogen (secondary N) is 1. The molecule has 3 N–H and O–H groups in total. The summed E-state index contributed by atoms with van der Waals surface area (Å²) in [4.78, 5) is 0. The van der Waals surface area contributed by atoms with E-state index in [1.54, 1.807) is 7.11 Å². The van der Waals surface area contributed by atoms with E-state index in [2.05, 4.69) is 5.32 Å². The molecule has 3 aliphatic carbocycles. The minimum Gasteiger partial charge on any atom is -0.497 e. The third-order valence-electron chi connectivity index (χ3n) is 5.32. The van der Waals surface area contributed by atoms with E-state index in [0.29, 0.717) is 6.04 Å². The average molecular weight is 244 g/mol. The first-order chi connectivity index (χ1) is 8.78. The van der Waals surface area contributed by atoms with Gasteiger partial charge in [-0.25, -0.2) is 0 Å². The summed E-state index contributed by atoms with van der Waals surface area (Å²) in [5.41, 5.74) is 7.94. The summed E-state index contributed by atoms with van der Waals surface area (Å²) in [7, 11) is 1.67. The molecule has 0 amide bonds. The summed E-state index contributed by atoms with van der Waals surface area (Å²) in [5.74, 6) is 4.69. The van der Waals surface area contributed by atoms with Crippen molar-refractivity contribution in [1.29, 1.82) is 0 Å². The Balaban J connectivity index is 1.50. The highest BCUT2D eigenvalue weighted by atomic mass is 16.5. The Morgan fingerprint density at radius 1 is 1.22 bits per heavy atom. The summed E-state index contributed by atoms with van der Waals surface area (Å²) >= 11 is 0. The normalized spacial score (nSPS) is 39.5. The van der Waals surface area contributed by atoms with E-state index in [-0.39, 0.29) is 0 Å². The highest BCUT2D eigenvalue weighted by molar-refractivity contribution is 5.69. The van der Waals surface area contributed by atoms with Gasteiger partial charge in [-0.3, -0.25) is 0 Å². The third kappa shape index (κ3) is 1.36. The van der Waals surface area contributed by atoms with E-state index in [4.69, 9.17) is 10.5 Å². The zero-order valence-corrected chi connectivity index (χ0v) is 10.7. The van der Waals surface area contributed by atoms with Gasteiger partial charge in [0, 0.05) is 12.1 Å². The van der Waals surface area contributed by atoms with E-state index in [9.17, 15) is 0 Å². The van der Waals surface area contributed by atoms with Gasteiger partial charge in [0.1, 0.15) is 5.75 Å². The Hall–Kier alpha value is -1.38. The Bertz CT molecular complexity index is 471. The van der Waals surface area contributed by atoms with Crippen LogP contribution in [-0.2, 0) is 0 Å². The van der Waals surface area contributed by atoms with Gasteiger partial charge in [-0.2, -0.15) is 0 Å². The monoisotopic (exact) mass is 244 g/mol. The second kappa shape index (κ2) is 3.56. The molecule has 2 bridgehead atoms. The molecule has 0 aliphatic heterocycles. The molecule has 3 fully saturated rings. The number of benzene rings is 1. The number of hydrogen-bond acceptors (Lipinski definition) is 3. The second-order valence-corrected chi connectivity index (χ2v) is 6.11. The fourth-order valence-corrected chi connectivity index (χ4v) is 4.50. The Morgan fingerprint density at radius 3 is 2.56 bits per heavy atom. The van der Waals surface area contributed by atoms with E-state index < -0.39 is 0 Å². The first kappa shape index (κ1) is 10.5. The molecule has 1 aromatic carbocycles. The minimum absolute atomic E-state index is 0.687. The molecule has 3 heteroatoms. The van der Waals surface area contributed by atoms with Gasteiger partial charge in [-0.05, 0) is 55.1 Å². The Labute approximate surface area is 108 Å². The maximum atomic E-state index is 6.07. The molecule has 1 aromatic rings. The Morgan fingerprint density at radius 2 is 1.94 bits per heavy atom. The second-order valence-electron chi connectivity index (χ2n) is 6.11. The number of nitrogen functional groups attached to an aromatic ring is 1. The van der Waals surface area contributed by atoms with Crippen molar-refractivity contribution < 1.29 is 4.74 Å². The van der Waals surface area contributed by atoms with Crippen molar-refractivity contribution >= 4 is 11.4 Å². The molecule has 0 heterocycles. The molecule has 4 atom stereocenters. The average Bonchev–Trinajstić information content (AvgIpc) is 2.78. The fraction of sp³-hybridized carbons (Fsp3) is 0.600. The maximum Gasteiger partial charge on any atom is 0.121 e. The van der Waals surface area contributed by atoms with Crippen LogP contribution in [-0.4, -0.2) is 13.2 Å². The van der Waals surface area contributed by atoms with Gasteiger partial charge in [0.15, 0.2) is 0 Å². The molecule has 3 nitrogen and oxygen atoms in total. The topological polar surface area (TPSA) is 47.3 Å². The molecule has 0 spiro atoms. The van der Waals surface area contributed by atoms with Gasteiger partial charge in [-0.1, -0.05) is 0 Å². The summed E-state index contributed by atoms with van der Waals surface area (Å²) < 4.78 is 5.18. The van der Waals surface area contributed by atoms with Crippen LogP contribution in [0.5, 0.6) is 5.75 Å². The number of nitrogens with two attached hydrogens (primary N) is 1. The summed E-state index contributed by atoms with van der Waals surface area (Å²) in [6.07, 6.45) is 4.41. The van der Waals surface area contributed by atoms with Crippen molar-refractivity contribution in [3.63, 3.8) is 0 Å². The van der Waals surface area contributed by atoms with Crippen LogP contribution in [0.1, 0.15) is 19.3 Å². The van der Waals surface area contributed by atoms with Crippen molar-refractivity contribution in [2.75, 3.05) is 18.2 Å². The maximum absolute atomic E-state index is 6.07. The van der Waals surface area contributed by atoms with Crippen LogP contribution in [0.25, 0.3) is 0 Å². The molecule has 4 unspecified atom stereocenters. The lowest BCUT2D eigenvalue weighted by Crippen LogP contribution is -2.13. The minimum atomic E-state index is 0.687. The van der Waals surface area contributed by atoms with Crippen LogP contribution in [0, 0.1) is 23.7 Å². The van der Waals surface area contributed by atoms with Crippen molar-refractivity contribution in [2.45, 2.75) is 25.3 Å². The number of anilines is 2. The van der Waals surface area contributed by atoms with Gasteiger partial charge in [0.05, 0.1) is 18.5 Å². The molecule has 0 radical (unpaired) electrons. The Kier molecular flexibility index (Phi) is 2.08. The number of rotatable bonds is 3. The molecular weight excluding hydrogens is 224 g/mol. The quantitative estimate of drug-likeness (QED) is 0.804. The lowest BCUT2D eigenvalue weighted by molar-refractivity contribution is 0.415. The van der Waals surface area contributed by atoms with Gasteiger partial charge >= 0.3 is 0 Å². The molecule has 3 aliphatic rings. The third-order valence-corrected chi connectivity index (χ3v) is 5.32. The van der Waals surface area contributed by atoms with E-state index in [0.717, 1.165) is 40.8 Å². The summed E-state index contributed by atoms with van der Waals surface area (Å²) in [5, 5.41) is 3.66. The smallest absolute Gasteiger partial charge is 0.121 e. The van der Waals surface area contributed by atoms with Crippen molar-refractivity contribution in [1.82, 2.24) is 0 Å². The standard InChI is InChI=1S/C15H20N2O/c1-18-10-4-5-12(11(16)7-10)17-15-13-8-2-3-9(6-8)14(13)15/h4-5,7-9,13-15,17H,2-3,6,16H2,1H3. The predicted octanol–water partition coefficient (Wildman–Crippen LogP) is 2.73. The van der Waals surface area contributed by atoms with Crippen LogP contribution < -0.4 is 15.8 Å². The number of hydrogen-bond donors (Lipinski definition) is 2. The van der Waals surface area contributed by atoms with Gasteiger partial charge in [-0.15, -0.1) is 0 Å². The van der Waals surface area contributed by atoms with Crippen LogP contribution in [0.4, 0.5) is 11.4 Å². The molecular formula is C15H20N2O. The van der Waals surface area contributed by atoms with Crippen molar-refractivity contribution in [3.05, 3.63) is 18.2 Å². The zero-order chi connectivity index (χ0) is 12.3. The van der Waals surface area contributed by atoms with Crippen LogP contribution in [0.15, 0.2) is 18.2 Å². The number of methoxy groups -OCH3 is 1.